The van der Waals surface area contributed by atoms with Crippen LogP contribution in [0.15, 0.2) is 79.3 Å². The van der Waals surface area contributed by atoms with Crippen LogP contribution in [-0.2, 0) is 24.3 Å². The van der Waals surface area contributed by atoms with Gasteiger partial charge < -0.3 is 20.1 Å². The lowest BCUT2D eigenvalue weighted by Gasteiger charge is -2.33. The molecule has 0 unspecified atom stereocenters. The summed E-state index contributed by atoms with van der Waals surface area (Å²) in [6, 6.07) is 23.1. The van der Waals surface area contributed by atoms with Crippen LogP contribution in [0, 0.1) is 17.2 Å². The zero-order valence-electron chi connectivity index (χ0n) is 25.9. The van der Waals surface area contributed by atoms with Crippen LogP contribution in [0.5, 0.6) is 0 Å². The quantitative estimate of drug-likeness (QED) is 0.151. The summed E-state index contributed by atoms with van der Waals surface area (Å²) in [4.78, 5) is 19.7. The predicted octanol–water partition coefficient (Wildman–Crippen LogP) is 7.82. The lowest BCUT2D eigenvalue weighted by atomic mass is 10.0. The van der Waals surface area contributed by atoms with Crippen molar-refractivity contribution in [1.82, 2.24) is 19.8 Å². The predicted molar refractivity (Wildman–Crippen MR) is 187 cm³/mol. The summed E-state index contributed by atoms with van der Waals surface area (Å²) in [6.07, 6.45) is 3.60. The summed E-state index contributed by atoms with van der Waals surface area (Å²) in [5, 5.41) is 17.2. The average molecular weight is 662 g/mol. The largest absolute Gasteiger partial charge is 0.351 e. The number of nitrogens with zero attached hydrogens (tertiary/aromatic N) is 4. The summed E-state index contributed by atoms with van der Waals surface area (Å²) in [7, 11) is 0. The maximum absolute atomic E-state index is 13.4. The molecule has 3 aromatic carbocycles. The Kier molecular flexibility index (Phi) is 12.0. The van der Waals surface area contributed by atoms with Crippen LogP contribution in [0.1, 0.15) is 61.6 Å². The molecule has 0 aliphatic rings. The summed E-state index contributed by atoms with van der Waals surface area (Å²) in [6.45, 7) is 9.88. The standard InChI is InChI=1S/C35H38Cl2N6OS/c1-23(2)27-12-14-29(15-13-27)40-35(45)42(20-28-6-5-7-31(36)34(28)37)21-32(24(3)4)41-33(44)16-30-18-39-22-43(30)19-26-10-8-25(17-38)9-11-26/h5-15,18,22-24,32H,16,19-21H2,1-4H3,(H,40,45)(H,41,44)/t32-/m1/s1. The van der Waals surface area contributed by atoms with Crippen LogP contribution in [0.25, 0.3) is 0 Å². The summed E-state index contributed by atoms with van der Waals surface area (Å²) in [5.74, 6) is 0.430. The third-order valence-corrected chi connectivity index (χ3v) is 8.87. The molecule has 4 rings (SSSR count). The zero-order chi connectivity index (χ0) is 32.5. The Morgan fingerprint density at radius 2 is 1.76 bits per heavy atom. The van der Waals surface area contributed by atoms with E-state index in [2.05, 4.69) is 61.5 Å². The highest BCUT2D eigenvalue weighted by Gasteiger charge is 2.23. The second-order valence-corrected chi connectivity index (χ2v) is 12.9. The Morgan fingerprint density at radius 3 is 2.40 bits per heavy atom. The van der Waals surface area contributed by atoms with Crippen LogP contribution < -0.4 is 10.6 Å². The van der Waals surface area contributed by atoms with Crippen LogP contribution in [0.3, 0.4) is 0 Å². The number of imidazole rings is 1. The van der Waals surface area contributed by atoms with Gasteiger partial charge in [0, 0.05) is 43.3 Å². The van der Waals surface area contributed by atoms with Crippen LogP contribution in [-0.4, -0.2) is 38.1 Å². The number of benzene rings is 3. The normalized spacial score (nSPS) is 11.7. The van der Waals surface area contributed by atoms with Crippen molar-refractivity contribution in [3.05, 3.63) is 117 Å². The molecule has 7 nitrogen and oxygen atoms in total. The van der Waals surface area contributed by atoms with E-state index in [9.17, 15) is 4.79 Å². The highest BCUT2D eigenvalue weighted by molar-refractivity contribution is 7.80. The molecule has 2 N–H and O–H groups in total. The summed E-state index contributed by atoms with van der Waals surface area (Å²) >= 11 is 18.8. The number of rotatable bonds is 12. The lowest BCUT2D eigenvalue weighted by molar-refractivity contribution is -0.121. The van der Waals surface area contributed by atoms with Gasteiger partial charge in [0.2, 0.25) is 5.91 Å². The molecule has 0 bridgehead atoms. The minimum atomic E-state index is -0.214. The number of anilines is 1. The monoisotopic (exact) mass is 660 g/mol. The van der Waals surface area contributed by atoms with E-state index in [1.807, 2.05) is 45.9 Å². The van der Waals surface area contributed by atoms with Crippen LogP contribution in [0.4, 0.5) is 5.69 Å². The van der Waals surface area contributed by atoms with Crippen molar-refractivity contribution in [3.63, 3.8) is 0 Å². The first-order valence-corrected chi connectivity index (χ1v) is 16.1. The van der Waals surface area contributed by atoms with E-state index in [4.69, 9.17) is 40.7 Å². The lowest BCUT2D eigenvalue weighted by Crippen LogP contribution is -2.49. The fourth-order valence-corrected chi connectivity index (χ4v) is 5.49. The minimum Gasteiger partial charge on any atom is -0.351 e. The molecule has 0 aliphatic heterocycles. The highest BCUT2D eigenvalue weighted by Crippen LogP contribution is 2.27. The Balaban J connectivity index is 1.49. The van der Waals surface area contributed by atoms with Crippen molar-refractivity contribution in [2.75, 3.05) is 11.9 Å². The van der Waals surface area contributed by atoms with Crippen molar-refractivity contribution < 1.29 is 4.79 Å². The molecular formula is C35H38Cl2N6OS. The van der Waals surface area contributed by atoms with Crippen molar-refractivity contribution in [3.8, 4) is 6.07 Å². The van der Waals surface area contributed by atoms with E-state index in [-0.39, 0.29) is 24.3 Å². The molecule has 0 saturated heterocycles. The molecule has 1 atom stereocenters. The van der Waals surface area contributed by atoms with E-state index in [1.165, 1.54) is 5.56 Å². The number of aromatic nitrogens is 2. The molecule has 10 heteroatoms. The summed E-state index contributed by atoms with van der Waals surface area (Å²) in [5.41, 5.74) is 5.38. The van der Waals surface area contributed by atoms with Crippen molar-refractivity contribution in [2.45, 2.75) is 59.2 Å². The van der Waals surface area contributed by atoms with Gasteiger partial charge in [0.05, 0.1) is 34.4 Å². The Hall–Kier alpha value is -3.90. The Morgan fingerprint density at radius 1 is 1.04 bits per heavy atom. The molecule has 0 aliphatic carbocycles. The molecule has 0 radical (unpaired) electrons. The van der Waals surface area contributed by atoms with E-state index < -0.39 is 0 Å². The van der Waals surface area contributed by atoms with Gasteiger partial charge in [-0.25, -0.2) is 4.98 Å². The number of hydrogen-bond acceptors (Lipinski definition) is 4. The maximum Gasteiger partial charge on any atom is 0.226 e. The molecule has 0 spiro atoms. The van der Waals surface area contributed by atoms with E-state index in [1.54, 1.807) is 30.7 Å². The van der Waals surface area contributed by atoms with Gasteiger partial charge in [-0.2, -0.15) is 5.26 Å². The smallest absolute Gasteiger partial charge is 0.226 e. The van der Waals surface area contributed by atoms with E-state index >= 15 is 0 Å². The molecule has 45 heavy (non-hydrogen) atoms. The minimum absolute atomic E-state index is 0.112. The van der Waals surface area contributed by atoms with Gasteiger partial charge in [0.25, 0.3) is 0 Å². The summed E-state index contributed by atoms with van der Waals surface area (Å²) < 4.78 is 1.95. The molecule has 1 amide bonds. The molecule has 0 fully saturated rings. The number of thiocarbonyl (C=S) groups is 1. The van der Waals surface area contributed by atoms with Crippen molar-refractivity contribution >= 4 is 52.1 Å². The SMILES string of the molecule is CC(C)c1ccc(NC(=S)N(Cc2cccc(Cl)c2Cl)C[C@@H](NC(=O)Cc2cncn2Cc2ccc(C#N)cc2)C(C)C)cc1. The molecule has 4 aromatic rings. The topological polar surface area (TPSA) is 86.0 Å². The zero-order valence-corrected chi connectivity index (χ0v) is 28.3. The van der Waals surface area contributed by atoms with Gasteiger partial charge in [-0.05, 0) is 71.1 Å². The Labute approximate surface area is 281 Å². The number of halogens is 2. The number of hydrogen-bond donors (Lipinski definition) is 2. The van der Waals surface area contributed by atoms with Gasteiger partial charge in [-0.3, -0.25) is 4.79 Å². The molecule has 0 saturated carbocycles. The Bertz CT molecular complexity index is 1640. The number of amides is 1. The van der Waals surface area contributed by atoms with Gasteiger partial charge in [0.1, 0.15) is 0 Å². The number of nitriles is 1. The van der Waals surface area contributed by atoms with Gasteiger partial charge in [-0.1, -0.05) is 87.3 Å². The molecule has 234 valence electrons. The molecular weight excluding hydrogens is 623 g/mol. The number of carbonyl (C=O) groups excluding carboxylic acids is 1. The van der Waals surface area contributed by atoms with Gasteiger partial charge >= 0.3 is 0 Å². The maximum atomic E-state index is 13.4. The number of nitrogens with one attached hydrogen (secondary N) is 2. The van der Waals surface area contributed by atoms with Gasteiger partial charge in [0.15, 0.2) is 5.11 Å². The second kappa shape index (κ2) is 15.9. The first kappa shape index (κ1) is 34.0. The van der Waals surface area contributed by atoms with Gasteiger partial charge in [-0.15, -0.1) is 0 Å². The first-order valence-electron chi connectivity index (χ1n) is 14.9. The molecule has 1 heterocycles. The fourth-order valence-electron chi connectivity index (χ4n) is 4.85. The van der Waals surface area contributed by atoms with Crippen LogP contribution >= 0.6 is 35.4 Å². The van der Waals surface area contributed by atoms with Crippen molar-refractivity contribution in [1.29, 1.82) is 5.26 Å². The van der Waals surface area contributed by atoms with E-state index in [0.717, 1.165) is 22.5 Å². The van der Waals surface area contributed by atoms with Crippen LogP contribution in [0.2, 0.25) is 10.0 Å². The van der Waals surface area contributed by atoms with E-state index in [0.29, 0.717) is 46.3 Å². The third-order valence-electron chi connectivity index (χ3n) is 7.65. The highest BCUT2D eigenvalue weighted by atomic mass is 35.5. The molecule has 1 aromatic heterocycles. The van der Waals surface area contributed by atoms with Crippen molar-refractivity contribution in [2.24, 2.45) is 5.92 Å². The number of carbonyl (C=O) groups is 1. The first-order chi connectivity index (χ1) is 21.5. The fraction of sp³-hybridized carbons (Fsp3) is 0.314. The second-order valence-electron chi connectivity index (χ2n) is 11.7. The third kappa shape index (κ3) is 9.54. The average Bonchev–Trinajstić information content (AvgIpc) is 3.44.